The van der Waals surface area contributed by atoms with Gasteiger partial charge < -0.3 is 18.9 Å². The van der Waals surface area contributed by atoms with Crippen LogP contribution in [0.15, 0.2) is 48.6 Å². The highest BCUT2D eigenvalue weighted by Gasteiger charge is 2.27. The van der Waals surface area contributed by atoms with Crippen molar-refractivity contribution in [2.24, 2.45) is 0 Å². The molecule has 0 heterocycles. The summed E-state index contributed by atoms with van der Waals surface area (Å²) in [5, 5.41) is 0. The van der Waals surface area contributed by atoms with Crippen LogP contribution in [0, 0.1) is 0 Å². The van der Waals surface area contributed by atoms with E-state index in [1.165, 1.54) is 57.8 Å². The van der Waals surface area contributed by atoms with Gasteiger partial charge in [-0.25, -0.2) is 4.57 Å². The monoisotopic (exact) mass is 755 g/mol. The van der Waals surface area contributed by atoms with Gasteiger partial charge in [0.25, 0.3) is 0 Å². The summed E-state index contributed by atoms with van der Waals surface area (Å²) < 4.78 is 34.1. The lowest BCUT2D eigenvalue weighted by Crippen LogP contribution is -2.37. The number of quaternary nitrogens is 1. The second kappa shape index (κ2) is 34.7. The van der Waals surface area contributed by atoms with Gasteiger partial charge in [0, 0.05) is 12.8 Å². The molecule has 0 aromatic rings. The van der Waals surface area contributed by atoms with Gasteiger partial charge >= 0.3 is 19.8 Å². The third-order valence-electron chi connectivity index (χ3n) is 8.33. The number of carbonyl (C=O) groups excluding carboxylic acids is 2. The zero-order valence-electron chi connectivity index (χ0n) is 33.8. The first-order valence-corrected chi connectivity index (χ1v) is 21.9. The summed E-state index contributed by atoms with van der Waals surface area (Å²) >= 11 is 0. The normalized spacial score (nSPS) is 14.2. The van der Waals surface area contributed by atoms with Crippen LogP contribution in [0.1, 0.15) is 155 Å². The Morgan fingerprint density at radius 3 is 1.63 bits per heavy atom. The number of phosphoric ester groups is 1. The number of esters is 2. The van der Waals surface area contributed by atoms with Gasteiger partial charge in [-0.2, -0.15) is 0 Å². The number of carbonyl (C=O) groups is 2. The average Bonchev–Trinajstić information content (AvgIpc) is 3.09. The van der Waals surface area contributed by atoms with Crippen molar-refractivity contribution in [2.45, 2.75) is 161 Å². The highest BCUT2D eigenvalue weighted by atomic mass is 31.2. The van der Waals surface area contributed by atoms with Crippen LogP contribution >= 0.6 is 7.82 Å². The van der Waals surface area contributed by atoms with Gasteiger partial charge in [0.2, 0.25) is 0 Å². The van der Waals surface area contributed by atoms with Gasteiger partial charge in [-0.15, -0.1) is 0 Å². The van der Waals surface area contributed by atoms with Crippen LogP contribution < -0.4 is 0 Å². The molecular formula is C42H77NO8P+. The fourth-order valence-corrected chi connectivity index (χ4v) is 5.81. The molecule has 10 heteroatoms. The van der Waals surface area contributed by atoms with Crippen LogP contribution in [0.2, 0.25) is 0 Å². The Hall–Kier alpha value is -2.03. The Morgan fingerprint density at radius 1 is 0.596 bits per heavy atom. The summed E-state index contributed by atoms with van der Waals surface area (Å²) in [7, 11) is 1.44. The molecule has 1 N–H and O–H groups in total. The number of phosphoric acid groups is 1. The Labute approximate surface area is 318 Å². The van der Waals surface area contributed by atoms with Crippen molar-refractivity contribution in [1.82, 2.24) is 0 Å². The van der Waals surface area contributed by atoms with Gasteiger partial charge in [0.15, 0.2) is 6.10 Å². The van der Waals surface area contributed by atoms with Crippen LogP contribution in [-0.2, 0) is 32.7 Å². The quantitative estimate of drug-likeness (QED) is 0.0221. The third kappa shape index (κ3) is 37.7. The first kappa shape index (κ1) is 50.0. The lowest BCUT2D eigenvalue weighted by atomic mass is 10.1. The standard InChI is InChI=1S/C42H76NO8P/c1-6-8-10-12-14-16-18-20-21-23-25-27-29-31-33-35-42(45)51-40(39-50-52(46,47)49-37-36-43(3,4)5)38-48-41(44)34-32-30-28-26-24-22-19-17-15-13-11-9-7-2/h14,16,20-22,24-25,27,40H,6-13,15,17-19,23,26,28-39H2,1-5H3/p+1/b16-14+,21-20+,24-22+,27-25+/t40-/m1/s1. The van der Waals surface area contributed by atoms with E-state index in [0.717, 1.165) is 57.8 Å². The molecule has 52 heavy (non-hydrogen) atoms. The lowest BCUT2D eigenvalue weighted by Gasteiger charge is -2.24. The van der Waals surface area contributed by atoms with Crippen molar-refractivity contribution in [3.05, 3.63) is 48.6 Å². The van der Waals surface area contributed by atoms with Crippen LogP contribution in [0.4, 0.5) is 0 Å². The minimum Gasteiger partial charge on any atom is -0.462 e. The van der Waals surface area contributed by atoms with Crippen LogP contribution in [0.3, 0.4) is 0 Å². The molecule has 0 fully saturated rings. The Balaban J connectivity index is 4.52. The molecule has 0 radical (unpaired) electrons. The van der Waals surface area contributed by atoms with E-state index in [0.29, 0.717) is 23.9 Å². The van der Waals surface area contributed by atoms with Gasteiger partial charge in [-0.3, -0.25) is 18.6 Å². The topological polar surface area (TPSA) is 108 Å². The van der Waals surface area contributed by atoms with E-state index >= 15 is 0 Å². The van der Waals surface area contributed by atoms with Gasteiger partial charge in [-0.05, 0) is 77.0 Å². The lowest BCUT2D eigenvalue weighted by molar-refractivity contribution is -0.870. The SMILES string of the molecule is CCCCC/C=C/C/C=C/C/C=C/CCCCC(=O)O[C@H](COC(=O)CCCCC/C=C/CCCCCCCC)COP(=O)(O)OCC[N+](C)(C)C. The van der Waals surface area contributed by atoms with E-state index in [-0.39, 0.29) is 26.1 Å². The first-order valence-electron chi connectivity index (χ1n) is 20.4. The largest absolute Gasteiger partial charge is 0.472 e. The van der Waals surface area contributed by atoms with Crippen molar-refractivity contribution in [3.8, 4) is 0 Å². The average molecular weight is 755 g/mol. The number of nitrogens with zero attached hydrogens (tertiary/aromatic N) is 1. The minimum absolute atomic E-state index is 0.0207. The van der Waals surface area contributed by atoms with E-state index < -0.39 is 32.5 Å². The van der Waals surface area contributed by atoms with Crippen molar-refractivity contribution < 1.29 is 42.1 Å². The van der Waals surface area contributed by atoms with Crippen LogP contribution in [0.5, 0.6) is 0 Å². The van der Waals surface area contributed by atoms with Crippen molar-refractivity contribution in [3.63, 3.8) is 0 Å². The van der Waals surface area contributed by atoms with Gasteiger partial charge in [0.1, 0.15) is 19.8 Å². The second-order valence-corrected chi connectivity index (χ2v) is 16.1. The maximum absolute atomic E-state index is 12.6. The van der Waals surface area contributed by atoms with Gasteiger partial charge in [-0.1, -0.05) is 114 Å². The molecule has 0 saturated heterocycles. The first-order chi connectivity index (χ1) is 25.0. The highest BCUT2D eigenvalue weighted by molar-refractivity contribution is 7.47. The molecule has 0 aromatic heterocycles. The summed E-state index contributed by atoms with van der Waals surface area (Å²) in [6, 6.07) is 0. The number of hydrogen-bond donors (Lipinski definition) is 1. The predicted molar refractivity (Wildman–Crippen MR) is 215 cm³/mol. The molecule has 0 rings (SSSR count). The molecule has 0 aromatic carbocycles. The summed E-state index contributed by atoms with van der Waals surface area (Å²) in [6.45, 7) is 4.30. The summed E-state index contributed by atoms with van der Waals surface area (Å²) in [6.07, 6.45) is 38.8. The highest BCUT2D eigenvalue weighted by Crippen LogP contribution is 2.43. The molecule has 0 bridgehead atoms. The fraction of sp³-hybridized carbons (Fsp3) is 0.762. The van der Waals surface area contributed by atoms with Crippen molar-refractivity contribution in [1.29, 1.82) is 0 Å². The molecule has 0 spiro atoms. The van der Waals surface area contributed by atoms with Crippen LogP contribution in [-0.4, -0.2) is 74.9 Å². The Morgan fingerprint density at radius 2 is 1.04 bits per heavy atom. The molecule has 0 aliphatic rings. The summed E-state index contributed by atoms with van der Waals surface area (Å²) in [4.78, 5) is 35.2. The van der Waals surface area contributed by atoms with Crippen molar-refractivity contribution >= 4 is 19.8 Å². The number of unbranched alkanes of at least 4 members (excludes halogenated alkanes) is 14. The zero-order valence-corrected chi connectivity index (χ0v) is 34.7. The Kier molecular flexibility index (Phi) is 33.4. The number of allylic oxidation sites excluding steroid dienone is 8. The maximum Gasteiger partial charge on any atom is 0.472 e. The second-order valence-electron chi connectivity index (χ2n) is 14.7. The number of likely N-dealkylation sites (N-methyl/N-ethyl adjacent to an activating group) is 1. The van der Waals surface area contributed by atoms with E-state index in [1.54, 1.807) is 0 Å². The van der Waals surface area contributed by atoms with E-state index in [4.69, 9.17) is 18.5 Å². The molecule has 302 valence electrons. The van der Waals surface area contributed by atoms with E-state index in [9.17, 15) is 19.0 Å². The molecule has 0 aliphatic heterocycles. The number of hydrogen-bond acceptors (Lipinski definition) is 7. The Bertz CT molecular complexity index is 1030. The van der Waals surface area contributed by atoms with Gasteiger partial charge in [0.05, 0.1) is 27.7 Å². The summed E-state index contributed by atoms with van der Waals surface area (Å²) in [5.41, 5.74) is 0. The molecule has 0 amide bonds. The molecule has 9 nitrogen and oxygen atoms in total. The number of ether oxygens (including phenoxy) is 2. The fourth-order valence-electron chi connectivity index (χ4n) is 5.07. The number of rotatable bonds is 36. The van der Waals surface area contributed by atoms with Crippen molar-refractivity contribution in [2.75, 3.05) is 47.5 Å². The van der Waals surface area contributed by atoms with Crippen LogP contribution in [0.25, 0.3) is 0 Å². The molecule has 1 unspecified atom stereocenters. The summed E-state index contributed by atoms with van der Waals surface area (Å²) in [5.74, 6) is -0.867. The predicted octanol–water partition coefficient (Wildman–Crippen LogP) is 11.1. The smallest absolute Gasteiger partial charge is 0.462 e. The zero-order chi connectivity index (χ0) is 38.6. The molecule has 0 saturated carbocycles. The molecule has 2 atom stereocenters. The molecular weight excluding hydrogens is 677 g/mol. The van der Waals surface area contributed by atoms with E-state index in [2.05, 4.69) is 62.5 Å². The third-order valence-corrected chi connectivity index (χ3v) is 9.32. The van der Waals surface area contributed by atoms with E-state index in [1.807, 2.05) is 21.1 Å². The molecule has 0 aliphatic carbocycles. The maximum atomic E-state index is 12.6. The minimum atomic E-state index is -4.38.